The highest BCUT2D eigenvalue weighted by molar-refractivity contribution is 5.79. The Kier molecular flexibility index (Phi) is 3.79. The number of aromatic amines is 1. The molecule has 1 aliphatic carbocycles. The average Bonchev–Trinajstić information content (AvgIpc) is 2.74. The lowest BCUT2D eigenvalue weighted by Crippen LogP contribution is -2.44. The predicted octanol–water partition coefficient (Wildman–Crippen LogP) is 0.980. The van der Waals surface area contributed by atoms with Gasteiger partial charge in [0.1, 0.15) is 5.76 Å². The van der Waals surface area contributed by atoms with Gasteiger partial charge in [-0.1, -0.05) is 5.16 Å². The Balaban J connectivity index is 1.52. The van der Waals surface area contributed by atoms with Crippen molar-refractivity contribution in [3.8, 4) is 0 Å². The number of nitrogens with one attached hydrogen (secondary N) is 2. The van der Waals surface area contributed by atoms with E-state index < -0.39 is 0 Å². The fourth-order valence-electron chi connectivity index (χ4n) is 2.78. The average molecular weight is 302 g/mol. The second-order valence-electron chi connectivity index (χ2n) is 5.75. The number of amides is 1. The van der Waals surface area contributed by atoms with E-state index in [1.165, 1.54) is 12.4 Å². The number of aryl methyl sites for hydroxylation is 2. The minimum Gasteiger partial charge on any atom is -0.361 e. The maximum Gasteiger partial charge on any atom is 0.250 e. The quantitative estimate of drug-likeness (QED) is 0.876. The SMILES string of the molecule is Cc1noc(C)c1CC(=O)NC1CC(c2cc(=O)[nH]cn2)C1. The molecule has 116 valence electrons. The zero-order chi connectivity index (χ0) is 15.7. The van der Waals surface area contributed by atoms with Crippen molar-refractivity contribution in [1.29, 1.82) is 0 Å². The maximum absolute atomic E-state index is 12.1. The molecule has 0 aromatic carbocycles. The van der Waals surface area contributed by atoms with Gasteiger partial charge >= 0.3 is 0 Å². The third-order valence-electron chi connectivity index (χ3n) is 4.14. The maximum atomic E-state index is 12.1. The molecule has 1 saturated carbocycles. The monoisotopic (exact) mass is 302 g/mol. The summed E-state index contributed by atoms with van der Waals surface area (Å²) in [7, 11) is 0. The number of H-pyrrole nitrogens is 1. The lowest BCUT2D eigenvalue weighted by Gasteiger charge is -2.35. The Morgan fingerprint density at radius 3 is 2.86 bits per heavy atom. The summed E-state index contributed by atoms with van der Waals surface area (Å²) >= 11 is 0. The van der Waals surface area contributed by atoms with Crippen molar-refractivity contribution in [2.45, 2.75) is 45.1 Å². The zero-order valence-corrected chi connectivity index (χ0v) is 12.5. The first-order valence-corrected chi connectivity index (χ1v) is 7.28. The van der Waals surface area contributed by atoms with E-state index in [9.17, 15) is 9.59 Å². The molecule has 0 spiro atoms. The lowest BCUT2D eigenvalue weighted by molar-refractivity contribution is -0.121. The number of hydrogen-bond acceptors (Lipinski definition) is 5. The molecule has 0 aliphatic heterocycles. The fraction of sp³-hybridized carbons (Fsp3) is 0.467. The highest BCUT2D eigenvalue weighted by atomic mass is 16.5. The van der Waals surface area contributed by atoms with E-state index in [-0.39, 0.29) is 29.8 Å². The first kappa shape index (κ1) is 14.5. The van der Waals surface area contributed by atoms with Crippen LogP contribution in [0.15, 0.2) is 21.7 Å². The molecule has 7 heteroatoms. The van der Waals surface area contributed by atoms with Gasteiger partial charge in [-0.25, -0.2) is 4.98 Å². The minimum atomic E-state index is -0.143. The summed E-state index contributed by atoms with van der Waals surface area (Å²) in [5, 5.41) is 6.85. The number of hydrogen-bond donors (Lipinski definition) is 2. The number of aromatic nitrogens is 3. The number of rotatable bonds is 4. The van der Waals surface area contributed by atoms with Gasteiger partial charge in [-0.15, -0.1) is 0 Å². The van der Waals surface area contributed by atoms with Crippen LogP contribution < -0.4 is 10.9 Å². The molecule has 2 heterocycles. The van der Waals surface area contributed by atoms with E-state index in [0.717, 1.165) is 29.8 Å². The van der Waals surface area contributed by atoms with Crippen molar-refractivity contribution in [3.05, 3.63) is 45.5 Å². The number of carbonyl (C=O) groups excluding carboxylic acids is 1. The number of nitrogens with zero attached hydrogens (tertiary/aromatic N) is 2. The molecule has 2 aromatic rings. The molecule has 3 rings (SSSR count). The molecule has 2 N–H and O–H groups in total. The van der Waals surface area contributed by atoms with Crippen LogP contribution in [0.1, 0.15) is 41.5 Å². The second kappa shape index (κ2) is 5.75. The van der Waals surface area contributed by atoms with Crippen LogP contribution in [0.3, 0.4) is 0 Å². The van der Waals surface area contributed by atoms with E-state index >= 15 is 0 Å². The van der Waals surface area contributed by atoms with Crippen molar-refractivity contribution in [1.82, 2.24) is 20.4 Å². The van der Waals surface area contributed by atoms with E-state index in [0.29, 0.717) is 5.76 Å². The van der Waals surface area contributed by atoms with Crippen molar-refractivity contribution < 1.29 is 9.32 Å². The Bertz CT molecular complexity index is 724. The molecule has 0 bridgehead atoms. The van der Waals surface area contributed by atoms with Gasteiger partial charge in [-0.3, -0.25) is 9.59 Å². The molecule has 0 unspecified atom stereocenters. The first-order valence-electron chi connectivity index (χ1n) is 7.28. The third kappa shape index (κ3) is 2.93. The third-order valence-corrected chi connectivity index (χ3v) is 4.14. The van der Waals surface area contributed by atoms with E-state index in [1.807, 2.05) is 6.92 Å². The molecule has 2 aromatic heterocycles. The van der Waals surface area contributed by atoms with Crippen LogP contribution >= 0.6 is 0 Å². The molecule has 0 saturated heterocycles. The van der Waals surface area contributed by atoms with E-state index in [2.05, 4.69) is 20.4 Å². The summed E-state index contributed by atoms with van der Waals surface area (Å²) in [4.78, 5) is 30.0. The highest BCUT2D eigenvalue weighted by Gasteiger charge is 2.32. The van der Waals surface area contributed by atoms with Crippen LogP contribution in [0.2, 0.25) is 0 Å². The first-order chi connectivity index (χ1) is 10.5. The van der Waals surface area contributed by atoms with Gasteiger partial charge in [0.2, 0.25) is 5.91 Å². The predicted molar refractivity (Wildman–Crippen MR) is 78.4 cm³/mol. The van der Waals surface area contributed by atoms with Gasteiger partial charge < -0.3 is 14.8 Å². The Morgan fingerprint density at radius 1 is 1.45 bits per heavy atom. The van der Waals surface area contributed by atoms with Crippen LogP contribution in [-0.4, -0.2) is 27.1 Å². The Labute approximate surface area is 127 Å². The molecule has 1 aliphatic rings. The van der Waals surface area contributed by atoms with Crippen molar-refractivity contribution in [2.24, 2.45) is 0 Å². The van der Waals surface area contributed by atoms with Crippen LogP contribution in [0, 0.1) is 13.8 Å². The van der Waals surface area contributed by atoms with Crippen molar-refractivity contribution in [3.63, 3.8) is 0 Å². The van der Waals surface area contributed by atoms with Crippen molar-refractivity contribution >= 4 is 5.91 Å². The summed E-state index contributed by atoms with van der Waals surface area (Å²) in [6, 6.07) is 1.66. The van der Waals surface area contributed by atoms with Crippen LogP contribution in [0.5, 0.6) is 0 Å². The van der Waals surface area contributed by atoms with Gasteiger partial charge in [0.15, 0.2) is 0 Å². The van der Waals surface area contributed by atoms with Crippen LogP contribution in [-0.2, 0) is 11.2 Å². The summed E-state index contributed by atoms with van der Waals surface area (Å²) in [6.45, 7) is 3.64. The van der Waals surface area contributed by atoms with Crippen molar-refractivity contribution in [2.75, 3.05) is 0 Å². The summed E-state index contributed by atoms with van der Waals surface area (Å²) in [5.74, 6) is 0.898. The molecular weight excluding hydrogens is 284 g/mol. The van der Waals surface area contributed by atoms with Gasteiger partial charge in [0.25, 0.3) is 5.56 Å². The molecular formula is C15H18N4O3. The van der Waals surface area contributed by atoms with E-state index in [1.54, 1.807) is 6.92 Å². The summed E-state index contributed by atoms with van der Waals surface area (Å²) in [5.41, 5.74) is 2.26. The molecule has 22 heavy (non-hydrogen) atoms. The molecule has 0 atom stereocenters. The normalized spacial score (nSPS) is 20.5. The minimum absolute atomic E-state index is 0.0308. The van der Waals surface area contributed by atoms with Gasteiger partial charge in [0, 0.05) is 23.6 Å². The van der Waals surface area contributed by atoms with Gasteiger partial charge in [-0.05, 0) is 26.7 Å². The van der Waals surface area contributed by atoms with Gasteiger partial charge in [-0.2, -0.15) is 0 Å². The molecule has 1 amide bonds. The molecule has 1 fully saturated rings. The number of carbonyl (C=O) groups is 1. The smallest absolute Gasteiger partial charge is 0.250 e. The topological polar surface area (TPSA) is 101 Å². The fourth-order valence-corrected chi connectivity index (χ4v) is 2.78. The van der Waals surface area contributed by atoms with Crippen LogP contribution in [0.25, 0.3) is 0 Å². The molecule has 0 radical (unpaired) electrons. The lowest BCUT2D eigenvalue weighted by atomic mass is 9.78. The van der Waals surface area contributed by atoms with E-state index in [4.69, 9.17) is 4.52 Å². The highest BCUT2D eigenvalue weighted by Crippen LogP contribution is 2.35. The summed E-state index contributed by atoms with van der Waals surface area (Å²) in [6.07, 6.45) is 3.32. The summed E-state index contributed by atoms with van der Waals surface area (Å²) < 4.78 is 5.06. The zero-order valence-electron chi connectivity index (χ0n) is 12.5. The van der Waals surface area contributed by atoms with Crippen LogP contribution in [0.4, 0.5) is 0 Å². The second-order valence-corrected chi connectivity index (χ2v) is 5.75. The molecule has 7 nitrogen and oxygen atoms in total. The Morgan fingerprint density at radius 2 is 2.23 bits per heavy atom. The standard InChI is InChI=1S/C15H18N4O3/c1-8-12(9(2)22-19-8)5-15(21)18-11-3-10(4-11)13-6-14(20)17-7-16-13/h6-7,10-11H,3-5H2,1-2H3,(H,18,21)(H,16,17,20). The largest absolute Gasteiger partial charge is 0.361 e. The van der Waals surface area contributed by atoms with Gasteiger partial charge in [0.05, 0.1) is 24.1 Å². The Hall–Kier alpha value is -2.44.